The Hall–Kier alpha value is -0.530. The van der Waals surface area contributed by atoms with Gasteiger partial charge in [0.15, 0.2) is 0 Å². The quantitative estimate of drug-likeness (QED) is 0.636. The lowest BCUT2D eigenvalue weighted by Gasteiger charge is -2.05. The number of nitrogen functional groups attached to an aromatic ring is 1. The largest absolute Gasteiger partial charge is 0.398 e. The van der Waals surface area contributed by atoms with Crippen molar-refractivity contribution in [2.75, 3.05) is 5.73 Å². The van der Waals surface area contributed by atoms with Gasteiger partial charge in [-0.05, 0) is 22.6 Å². The first-order chi connectivity index (χ1) is 5.52. The summed E-state index contributed by atoms with van der Waals surface area (Å²) in [5.41, 5.74) is 4.49. The van der Waals surface area contributed by atoms with Gasteiger partial charge in [-0.3, -0.25) is 0 Å². The van der Waals surface area contributed by atoms with E-state index in [0.29, 0.717) is 0 Å². The monoisotopic (exact) mass is 288 g/mol. The third-order valence-electron chi connectivity index (χ3n) is 1.23. The molecule has 0 aromatic carbocycles. The molecule has 66 valence electrons. The number of nitrogens with two attached hydrogens (primary N) is 1. The lowest BCUT2D eigenvalue weighted by molar-refractivity contribution is 0.150. The Labute approximate surface area is 80.1 Å². The number of alkyl halides is 2. The molecule has 0 radical (unpaired) electrons. The Morgan fingerprint density at radius 3 is 2.50 bits per heavy atom. The van der Waals surface area contributed by atoms with Crippen LogP contribution in [0.15, 0.2) is 6.07 Å². The summed E-state index contributed by atoms with van der Waals surface area (Å²) in [5, 5.41) is 0. The fourth-order valence-corrected chi connectivity index (χ4v) is 1.50. The number of halogens is 4. The lowest BCUT2D eigenvalue weighted by Crippen LogP contribution is -2.02. The molecule has 12 heavy (non-hydrogen) atoms. The minimum absolute atomic E-state index is 0.0971. The normalized spacial score (nSPS) is 10.8. The van der Waals surface area contributed by atoms with Gasteiger partial charge in [0.1, 0.15) is 3.70 Å². The molecule has 1 heterocycles. The van der Waals surface area contributed by atoms with Gasteiger partial charge in [-0.15, -0.1) is 0 Å². The molecule has 1 rings (SSSR count). The van der Waals surface area contributed by atoms with E-state index in [9.17, 15) is 13.2 Å². The molecule has 6 heteroatoms. The van der Waals surface area contributed by atoms with E-state index >= 15 is 0 Å². The highest BCUT2D eigenvalue weighted by molar-refractivity contribution is 14.1. The highest BCUT2D eigenvalue weighted by Crippen LogP contribution is 2.28. The molecule has 0 atom stereocenters. The highest BCUT2D eigenvalue weighted by atomic mass is 127. The number of hydrogen-bond acceptors (Lipinski definition) is 2. The molecule has 0 aliphatic rings. The molecule has 2 N–H and O–H groups in total. The molecule has 1 aromatic heterocycles. The van der Waals surface area contributed by atoms with Gasteiger partial charge in [0, 0.05) is 11.8 Å². The van der Waals surface area contributed by atoms with Crippen LogP contribution in [0.2, 0.25) is 0 Å². The molecule has 1 aromatic rings. The van der Waals surface area contributed by atoms with E-state index in [2.05, 4.69) is 4.98 Å². The zero-order valence-electron chi connectivity index (χ0n) is 5.69. The van der Waals surface area contributed by atoms with E-state index in [1.54, 1.807) is 0 Å². The van der Waals surface area contributed by atoms with Crippen molar-refractivity contribution in [3.63, 3.8) is 0 Å². The summed E-state index contributed by atoms with van der Waals surface area (Å²) in [4.78, 5) is 3.22. The number of aromatic nitrogens is 1. The predicted octanol–water partition coefficient (Wildman–Crippen LogP) is 2.35. The maximum Gasteiger partial charge on any atom is 0.268 e. The third kappa shape index (κ3) is 1.79. The Bertz CT molecular complexity index is 280. The third-order valence-corrected chi connectivity index (χ3v) is 2.05. The number of pyridine rings is 1. The van der Waals surface area contributed by atoms with Crippen LogP contribution in [0.1, 0.15) is 12.0 Å². The van der Waals surface area contributed by atoms with Gasteiger partial charge in [-0.1, -0.05) is 0 Å². The van der Waals surface area contributed by atoms with Crippen LogP contribution in [-0.2, 0) is 0 Å². The van der Waals surface area contributed by atoms with Crippen molar-refractivity contribution >= 4 is 28.3 Å². The minimum atomic E-state index is -2.72. The molecule has 0 saturated carbocycles. The van der Waals surface area contributed by atoms with Crippen LogP contribution >= 0.6 is 22.6 Å². The van der Waals surface area contributed by atoms with Gasteiger partial charge in [0.25, 0.3) is 6.43 Å². The SMILES string of the molecule is Nc1cc(F)nc(I)c1C(F)F. The summed E-state index contributed by atoms with van der Waals surface area (Å²) < 4.78 is 36.7. The number of anilines is 1. The fourth-order valence-electron chi connectivity index (χ4n) is 0.727. The first kappa shape index (κ1) is 9.56. The summed E-state index contributed by atoms with van der Waals surface area (Å²) in [6.45, 7) is 0. The number of nitrogens with zero attached hydrogens (tertiary/aromatic N) is 1. The maximum atomic E-state index is 12.4. The molecule has 0 saturated heterocycles. The molecule has 0 bridgehead atoms. The van der Waals surface area contributed by atoms with Gasteiger partial charge < -0.3 is 5.73 Å². The van der Waals surface area contributed by atoms with Crippen LogP contribution in [0.25, 0.3) is 0 Å². The molecule has 0 unspecified atom stereocenters. The van der Waals surface area contributed by atoms with E-state index < -0.39 is 17.9 Å². The molecular weight excluding hydrogens is 284 g/mol. The van der Waals surface area contributed by atoms with Gasteiger partial charge in [0.05, 0.1) is 5.56 Å². The molecule has 0 aliphatic heterocycles. The summed E-state index contributed by atoms with van der Waals surface area (Å²) in [6.07, 6.45) is -2.72. The first-order valence-electron chi connectivity index (χ1n) is 2.92. The van der Waals surface area contributed by atoms with Crippen molar-refractivity contribution in [3.8, 4) is 0 Å². The number of rotatable bonds is 1. The van der Waals surface area contributed by atoms with E-state index in [1.807, 2.05) is 0 Å². The van der Waals surface area contributed by atoms with E-state index in [1.165, 1.54) is 22.6 Å². The smallest absolute Gasteiger partial charge is 0.268 e. The fraction of sp³-hybridized carbons (Fsp3) is 0.167. The zero-order chi connectivity index (χ0) is 9.30. The van der Waals surface area contributed by atoms with Crippen LogP contribution in [0.5, 0.6) is 0 Å². The van der Waals surface area contributed by atoms with Crippen LogP contribution < -0.4 is 5.73 Å². The van der Waals surface area contributed by atoms with Crippen LogP contribution in [-0.4, -0.2) is 4.98 Å². The first-order valence-corrected chi connectivity index (χ1v) is 4.00. The van der Waals surface area contributed by atoms with Gasteiger partial charge in [0.2, 0.25) is 5.95 Å². The van der Waals surface area contributed by atoms with Gasteiger partial charge >= 0.3 is 0 Å². The second kappa shape index (κ2) is 3.46. The van der Waals surface area contributed by atoms with Crippen LogP contribution in [0, 0.1) is 9.65 Å². The standard InChI is InChI=1S/C6H4F3IN2/c7-3-1-2(11)4(5(8)9)6(10)12-3/h1,5H,(H2,11,12). The zero-order valence-corrected chi connectivity index (χ0v) is 7.85. The molecular formula is C6H4F3IN2. The highest BCUT2D eigenvalue weighted by Gasteiger charge is 2.17. The van der Waals surface area contributed by atoms with Crippen LogP contribution in [0.4, 0.5) is 18.9 Å². The van der Waals surface area contributed by atoms with Crippen molar-refractivity contribution in [1.82, 2.24) is 4.98 Å². The summed E-state index contributed by atoms with van der Waals surface area (Å²) in [6, 6.07) is 0.781. The van der Waals surface area contributed by atoms with E-state index in [-0.39, 0.29) is 9.39 Å². The molecule has 0 spiro atoms. The molecule has 0 amide bonds. The maximum absolute atomic E-state index is 12.4. The van der Waals surface area contributed by atoms with E-state index in [0.717, 1.165) is 6.07 Å². The predicted molar refractivity (Wildman–Crippen MR) is 46.3 cm³/mol. The average Bonchev–Trinajstić information content (AvgIpc) is 1.82. The summed E-state index contributed by atoms with van der Waals surface area (Å²) in [5.74, 6) is -0.846. The summed E-state index contributed by atoms with van der Waals surface area (Å²) >= 11 is 1.52. The van der Waals surface area contributed by atoms with Gasteiger partial charge in [-0.25, -0.2) is 13.8 Å². The van der Waals surface area contributed by atoms with Crippen LogP contribution in [0.3, 0.4) is 0 Å². The van der Waals surface area contributed by atoms with Crippen molar-refractivity contribution in [1.29, 1.82) is 0 Å². The second-order valence-corrected chi connectivity index (χ2v) is 3.06. The van der Waals surface area contributed by atoms with E-state index in [4.69, 9.17) is 5.73 Å². The lowest BCUT2D eigenvalue weighted by atomic mass is 10.2. The van der Waals surface area contributed by atoms with Gasteiger partial charge in [-0.2, -0.15) is 4.39 Å². The van der Waals surface area contributed by atoms with Crippen molar-refractivity contribution in [3.05, 3.63) is 21.3 Å². The minimum Gasteiger partial charge on any atom is -0.398 e. The Morgan fingerprint density at radius 1 is 1.50 bits per heavy atom. The van der Waals surface area contributed by atoms with Crippen molar-refractivity contribution < 1.29 is 13.2 Å². The Kier molecular flexibility index (Phi) is 2.76. The summed E-state index contributed by atoms with van der Waals surface area (Å²) in [7, 11) is 0. The molecule has 2 nitrogen and oxygen atoms in total. The molecule has 0 aliphatic carbocycles. The topological polar surface area (TPSA) is 38.9 Å². The Morgan fingerprint density at radius 2 is 2.08 bits per heavy atom. The average molecular weight is 288 g/mol. The van der Waals surface area contributed by atoms with Crippen molar-refractivity contribution in [2.24, 2.45) is 0 Å². The number of hydrogen-bond donors (Lipinski definition) is 1. The van der Waals surface area contributed by atoms with Crippen molar-refractivity contribution in [2.45, 2.75) is 6.43 Å². The Balaban J connectivity index is 3.28. The molecule has 0 fully saturated rings. The second-order valence-electron chi connectivity index (χ2n) is 2.04.